The number of anilines is 1. The fraction of sp³-hybridized carbons (Fsp3) is 0.250. The lowest BCUT2D eigenvalue weighted by Crippen LogP contribution is -2.25. The van der Waals surface area contributed by atoms with Crippen molar-refractivity contribution < 1.29 is 13.6 Å². The number of hydrogen-bond donors (Lipinski definition) is 2. The van der Waals surface area contributed by atoms with E-state index in [1.807, 2.05) is 0 Å². The highest BCUT2D eigenvalue weighted by Gasteiger charge is 2.20. The van der Waals surface area contributed by atoms with Crippen molar-refractivity contribution in [2.75, 3.05) is 11.9 Å². The molecule has 1 aliphatic rings. The largest absolute Gasteiger partial charge is 0.319 e. The Bertz CT molecular complexity index is 1080. The molecule has 0 spiro atoms. The summed E-state index contributed by atoms with van der Waals surface area (Å²) in [6, 6.07) is 5.65. The number of nitrogens with one attached hydrogen (secondary N) is 2. The predicted octanol–water partition coefficient (Wildman–Crippen LogP) is 3.42. The Morgan fingerprint density at radius 1 is 1.15 bits per heavy atom. The molecule has 1 aromatic heterocycles. The van der Waals surface area contributed by atoms with Crippen LogP contribution in [0.15, 0.2) is 24.3 Å². The second kappa shape index (κ2) is 6.66. The number of aromatic nitrogens is 2. The second-order valence-corrected chi connectivity index (χ2v) is 6.66. The van der Waals surface area contributed by atoms with Crippen LogP contribution in [0.1, 0.15) is 32.9 Å². The molecule has 138 valence electrons. The molecule has 2 N–H and O–H groups in total. The van der Waals surface area contributed by atoms with E-state index in [4.69, 9.17) is 0 Å². The fourth-order valence-corrected chi connectivity index (χ4v) is 3.29. The molecule has 7 heteroatoms. The standard InChI is InChI=1S/C20H18F2N4O/c1-10-11(2)25-19-15(7-13(21)8-17(19)24-10)20(27)26-16-4-3-12-9-23-6-5-14(12)18(16)22/h3-4,7-8,23H,5-6,9H2,1-2H3,(H,26,27). The number of nitrogens with zero attached hydrogens (tertiary/aromatic N) is 2. The monoisotopic (exact) mass is 368 g/mol. The van der Waals surface area contributed by atoms with Crippen molar-refractivity contribution in [3.63, 3.8) is 0 Å². The quantitative estimate of drug-likeness (QED) is 0.727. The topological polar surface area (TPSA) is 66.9 Å². The van der Waals surface area contributed by atoms with Gasteiger partial charge in [0, 0.05) is 12.6 Å². The minimum Gasteiger partial charge on any atom is -0.319 e. The zero-order valence-electron chi connectivity index (χ0n) is 15.0. The molecule has 5 nitrogen and oxygen atoms in total. The number of fused-ring (bicyclic) bond motifs is 2. The number of carbonyl (C=O) groups excluding carboxylic acids is 1. The van der Waals surface area contributed by atoms with Crippen molar-refractivity contribution >= 4 is 22.6 Å². The number of halogens is 2. The van der Waals surface area contributed by atoms with E-state index in [0.717, 1.165) is 11.6 Å². The van der Waals surface area contributed by atoms with Crippen LogP contribution in [0.5, 0.6) is 0 Å². The van der Waals surface area contributed by atoms with Crippen LogP contribution in [-0.4, -0.2) is 22.4 Å². The Balaban J connectivity index is 1.75. The van der Waals surface area contributed by atoms with Crippen molar-refractivity contribution in [3.05, 3.63) is 64.0 Å². The third-order valence-electron chi connectivity index (χ3n) is 4.85. The third-order valence-corrected chi connectivity index (χ3v) is 4.85. The number of amides is 1. The lowest BCUT2D eigenvalue weighted by Gasteiger charge is -2.19. The molecule has 0 saturated heterocycles. The molecular formula is C20H18F2N4O. The van der Waals surface area contributed by atoms with Gasteiger partial charge in [0.25, 0.3) is 5.91 Å². The first-order valence-electron chi connectivity index (χ1n) is 8.71. The smallest absolute Gasteiger partial charge is 0.258 e. The number of hydrogen-bond acceptors (Lipinski definition) is 4. The van der Waals surface area contributed by atoms with Gasteiger partial charge in [0.15, 0.2) is 0 Å². The van der Waals surface area contributed by atoms with E-state index in [2.05, 4.69) is 20.6 Å². The lowest BCUT2D eigenvalue weighted by molar-refractivity contribution is 0.102. The molecule has 0 bridgehead atoms. The molecule has 0 unspecified atom stereocenters. The summed E-state index contributed by atoms with van der Waals surface area (Å²) in [5, 5.41) is 5.74. The molecule has 0 aliphatic carbocycles. The number of rotatable bonds is 2. The van der Waals surface area contributed by atoms with Crippen LogP contribution < -0.4 is 10.6 Å². The van der Waals surface area contributed by atoms with Gasteiger partial charge in [-0.05, 0) is 50.1 Å². The van der Waals surface area contributed by atoms with Crippen LogP contribution >= 0.6 is 0 Å². The molecule has 1 amide bonds. The highest BCUT2D eigenvalue weighted by Crippen LogP contribution is 2.26. The van der Waals surface area contributed by atoms with E-state index >= 15 is 0 Å². The second-order valence-electron chi connectivity index (χ2n) is 6.66. The van der Waals surface area contributed by atoms with Crippen LogP contribution in [0.25, 0.3) is 11.0 Å². The van der Waals surface area contributed by atoms with Gasteiger partial charge < -0.3 is 10.6 Å². The molecule has 2 aromatic carbocycles. The van der Waals surface area contributed by atoms with E-state index in [-0.39, 0.29) is 11.3 Å². The van der Waals surface area contributed by atoms with Crippen LogP contribution in [0, 0.1) is 25.5 Å². The van der Waals surface area contributed by atoms with E-state index in [0.29, 0.717) is 47.5 Å². The van der Waals surface area contributed by atoms with Gasteiger partial charge in [0.1, 0.15) is 17.2 Å². The number of benzene rings is 2. The zero-order valence-corrected chi connectivity index (χ0v) is 15.0. The zero-order chi connectivity index (χ0) is 19.1. The van der Waals surface area contributed by atoms with E-state index in [1.54, 1.807) is 19.9 Å². The molecule has 0 fully saturated rings. The maximum atomic E-state index is 14.8. The summed E-state index contributed by atoms with van der Waals surface area (Å²) in [7, 11) is 0. The van der Waals surface area contributed by atoms with E-state index in [9.17, 15) is 13.6 Å². The molecule has 27 heavy (non-hydrogen) atoms. The predicted molar refractivity (Wildman–Crippen MR) is 98.7 cm³/mol. The van der Waals surface area contributed by atoms with Gasteiger partial charge in [0.05, 0.1) is 28.2 Å². The van der Waals surface area contributed by atoms with Crippen LogP contribution in [0.3, 0.4) is 0 Å². The van der Waals surface area contributed by atoms with Gasteiger partial charge in [-0.25, -0.2) is 18.7 Å². The van der Waals surface area contributed by atoms with Crippen LogP contribution in [-0.2, 0) is 13.0 Å². The normalized spacial score (nSPS) is 13.5. The first-order chi connectivity index (χ1) is 12.9. The Labute approximate surface area is 154 Å². The molecule has 4 rings (SSSR count). The number of aryl methyl sites for hydroxylation is 2. The first kappa shape index (κ1) is 17.5. The average molecular weight is 368 g/mol. The summed E-state index contributed by atoms with van der Waals surface area (Å²) in [5.74, 6) is -1.66. The Morgan fingerprint density at radius 2 is 1.93 bits per heavy atom. The Morgan fingerprint density at radius 3 is 2.74 bits per heavy atom. The summed E-state index contributed by atoms with van der Waals surface area (Å²) < 4.78 is 28.8. The molecule has 1 aliphatic heterocycles. The van der Waals surface area contributed by atoms with Crippen molar-refractivity contribution in [1.29, 1.82) is 0 Å². The summed E-state index contributed by atoms with van der Waals surface area (Å²) in [4.78, 5) is 21.4. The molecule has 2 heterocycles. The summed E-state index contributed by atoms with van der Waals surface area (Å²) in [5.41, 5.74) is 3.48. The van der Waals surface area contributed by atoms with Gasteiger partial charge in [-0.2, -0.15) is 0 Å². The summed E-state index contributed by atoms with van der Waals surface area (Å²) in [6.07, 6.45) is 0.553. The van der Waals surface area contributed by atoms with E-state index < -0.39 is 17.5 Å². The highest BCUT2D eigenvalue weighted by molar-refractivity contribution is 6.11. The average Bonchev–Trinajstić information content (AvgIpc) is 2.65. The van der Waals surface area contributed by atoms with Crippen molar-refractivity contribution in [2.45, 2.75) is 26.8 Å². The maximum Gasteiger partial charge on any atom is 0.258 e. The minimum absolute atomic E-state index is 0.0272. The van der Waals surface area contributed by atoms with Gasteiger partial charge in [-0.1, -0.05) is 6.07 Å². The lowest BCUT2D eigenvalue weighted by atomic mass is 9.99. The SMILES string of the molecule is Cc1nc2cc(F)cc(C(=O)Nc3ccc4c(c3F)CCNC4)c2nc1C. The number of carbonyl (C=O) groups is 1. The van der Waals surface area contributed by atoms with Crippen molar-refractivity contribution in [2.24, 2.45) is 0 Å². The first-order valence-corrected chi connectivity index (χ1v) is 8.71. The molecule has 0 radical (unpaired) electrons. The van der Waals surface area contributed by atoms with Crippen molar-refractivity contribution in [3.8, 4) is 0 Å². The molecular weight excluding hydrogens is 350 g/mol. The fourth-order valence-electron chi connectivity index (χ4n) is 3.29. The highest BCUT2D eigenvalue weighted by atomic mass is 19.1. The summed E-state index contributed by atoms with van der Waals surface area (Å²) >= 11 is 0. The van der Waals surface area contributed by atoms with Gasteiger partial charge in [-0.15, -0.1) is 0 Å². The van der Waals surface area contributed by atoms with Crippen LogP contribution in [0.4, 0.5) is 14.5 Å². The van der Waals surface area contributed by atoms with Gasteiger partial charge in [0.2, 0.25) is 0 Å². The van der Waals surface area contributed by atoms with E-state index in [1.165, 1.54) is 12.1 Å². The van der Waals surface area contributed by atoms with Gasteiger partial charge in [-0.3, -0.25) is 4.79 Å². The Kier molecular flexibility index (Phi) is 4.31. The Hall–Kier alpha value is -2.93. The molecule has 0 atom stereocenters. The van der Waals surface area contributed by atoms with Gasteiger partial charge >= 0.3 is 0 Å². The maximum absolute atomic E-state index is 14.8. The van der Waals surface area contributed by atoms with Crippen molar-refractivity contribution in [1.82, 2.24) is 15.3 Å². The molecule has 0 saturated carbocycles. The molecule has 3 aromatic rings. The van der Waals surface area contributed by atoms with Crippen LogP contribution in [0.2, 0.25) is 0 Å². The summed E-state index contributed by atoms with van der Waals surface area (Å²) in [6.45, 7) is 4.82. The third kappa shape index (κ3) is 3.14. The minimum atomic E-state index is -0.621.